The second-order valence-electron chi connectivity index (χ2n) is 4.89. The number of hydrogen-bond acceptors (Lipinski definition) is 3. The summed E-state index contributed by atoms with van der Waals surface area (Å²) in [7, 11) is 2.09. The Morgan fingerprint density at radius 1 is 1.17 bits per heavy atom. The highest BCUT2D eigenvalue weighted by atomic mass is 32.1. The predicted octanol–water partition coefficient (Wildman–Crippen LogP) is 2.06. The largest absolute Gasteiger partial charge is 0.336 e. The predicted molar refractivity (Wildman–Crippen MR) is 77.2 cm³/mol. The van der Waals surface area contributed by atoms with Gasteiger partial charge in [0, 0.05) is 37.0 Å². The fourth-order valence-electron chi connectivity index (χ4n) is 2.10. The molecule has 1 heterocycles. The molecule has 18 heavy (non-hydrogen) atoms. The van der Waals surface area contributed by atoms with Crippen molar-refractivity contribution in [3.05, 3.63) is 35.4 Å². The molecule has 0 spiro atoms. The maximum atomic E-state index is 12.3. The summed E-state index contributed by atoms with van der Waals surface area (Å²) < 4.78 is 0. The molecule has 4 heteroatoms. The van der Waals surface area contributed by atoms with E-state index >= 15 is 0 Å². The topological polar surface area (TPSA) is 23.6 Å². The highest BCUT2D eigenvalue weighted by Gasteiger charge is 2.20. The molecular weight excluding hydrogens is 244 g/mol. The third-order valence-corrected chi connectivity index (χ3v) is 3.73. The molecule has 1 unspecified atom stereocenters. The Balaban J connectivity index is 2.04. The van der Waals surface area contributed by atoms with E-state index in [2.05, 4.69) is 24.6 Å². The number of rotatable bonds is 2. The van der Waals surface area contributed by atoms with Gasteiger partial charge in [0.25, 0.3) is 5.91 Å². The minimum absolute atomic E-state index is 0.140. The van der Waals surface area contributed by atoms with E-state index in [0.29, 0.717) is 0 Å². The SMILES string of the molecule is CC(S)c1ccc(C(=O)N2CCN(C)CC2)cc1. The van der Waals surface area contributed by atoms with Crippen LogP contribution in [0.1, 0.15) is 28.1 Å². The highest BCUT2D eigenvalue weighted by molar-refractivity contribution is 7.80. The molecule has 1 aliphatic rings. The number of carbonyl (C=O) groups is 1. The second kappa shape index (κ2) is 5.76. The molecule has 1 aromatic carbocycles. The van der Waals surface area contributed by atoms with Crippen molar-refractivity contribution in [3.63, 3.8) is 0 Å². The maximum absolute atomic E-state index is 12.3. The molecule has 0 bridgehead atoms. The van der Waals surface area contributed by atoms with Gasteiger partial charge in [-0.1, -0.05) is 12.1 Å². The van der Waals surface area contributed by atoms with Gasteiger partial charge in [-0.25, -0.2) is 0 Å². The van der Waals surface area contributed by atoms with Crippen molar-refractivity contribution in [1.29, 1.82) is 0 Å². The lowest BCUT2D eigenvalue weighted by atomic mass is 10.1. The van der Waals surface area contributed by atoms with Gasteiger partial charge in [0.1, 0.15) is 0 Å². The van der Waals surface area contributed by atoms with Gasteiger partial charge in [-0.3, -0.25) is 4.79 Å². The summed E-state index contributed by atoms with van der Waals surface area (Å²) in [5.41, 5.74) is 1.92. The van der Waals surface area contributed by atoms with Gasteiger partial charge in [-0.2, -0.15) is 12.6 Å². The first kappa shape index (κ1) is 13.4. The Morgan fingerprint density at radius 2 is 1.72 bits per heavy atom. The Kier molecular flexibility index (Phi) is 4.30. The van der Waals surface area contributed by atoms with Gasteiger partial charge in [-0.05, 0) is 31.7 Å². The number of piperazine rings is 1. The molecule has 2 rings (SSSR count). The summed E-state index contributed by atoms with van der Waals surface area (Å²) >= 11 is 4.38. The van der Waals surface area contributed by atoms with E-state index in [0.717, 1.165) is 37.3 Å². The van der Waals surface area contributed by atoms with E-state index in [1.165, 1.54) is 0 Å². The first-order chi connectivity index (χ1) is 8.58. The molecule has 0 saturated carbocycles. The number of amides is 1. The van der Waals surface area contributed by atoms with Gasteiger partial charge in [0.2, 0.25) is 0 Å². The van der Waals surface area contributed by atoms with Gasteiger partial charge in [0.05, 0.1) is 0 Å². The quantitative estimate of drug-likeness (QED) is 0.827. The zero-order chi connectivity index (χ0) is 13.1. The molecule has 1 atom stereocenters. The molecule has 0 aliphatic carbocycles. The molecule has 1 aromatic rings. The summed E-state index contributed by atoms with van der Waals surface area (Å²) in [4.78, 5) is 16.5. The van der Waals surface area contributed by atoms with E-state index in [9.17, 15) is 4.79 Å². The highest BCUT2D eigenvalue weighted by Crippen LogP contribution is 2.19. The average Bonchev–Trinajstić information content (AvgIpc) is 2.39. The van der Waals surface area contributed by atoms with Crippen molar-refractivity contribution in [2.45, 2.75) is 12.2 Å². The van der Waals surface area contributed by atoms with Gasteiger partial charge >= 0.3 is 0 Å². The first-order valence-corrected chi connectivity index (χ1v) is 6.85. The third-order valence-electron chi connectivity index (χ3n) is 3.43. The van der Waals surface area contributed by atoms with E-state index in [-0.39, 0.29) is 11.2 Å². The molecule has 0 N–H and O–H groups in total. The molecule has 0 radical (unpaired) electrons. The van der Waals surface area contributed by atoms with Crippen LogP contribution in [0.15, 0.2) is 24.3 Å². The van der Waals surface area contributed by atoms with Gasteiger partial charge in [-0.15, -0.1) is 0 Å². The number of thiol groups is 1. The molecule has 1 saturated heterocycles. The lowest BCUT2D eigenvalue weighted by Gasteiger charge is -2.32. The van der Waals surface area contributed by atoms with Crippen LogP contribution in [0.25, 0.3) is 0 Å². The van der Waals surface area contributed by atoms with E-state index in [4.69, 9.17) is 0 Å². The zero-order valence-corrected chi connectivity index (χ0v) is 11.9. The van der Waals surface area contributed by atoms with E-state index < -0.39 is 0 Å². The Hall–Kier alpha value is -1.00. The van der Waals surface area contributed by atoms with Crippen molar-refractivity contribution in [2.75, 3.05) is 33.2 Å². The molecular formula is C14H20N2OS. The minimum Gasteiger partial charge on any atom is -0.336 e. The van der Waals surface area contributed by atoms with Crippen LogP contribution in [0.3, 0.4) is 0 Å². The van der Waals surface area contributed by atoms with Crippen molar-refractivity contribution < 1.29 is 4.79 Å². The zero-order valence-electron chi connectivity index (χ0n) is 11.0. The van der Waals surface area contributed by atoms with Crippen LogP contribution in [0, 0.1) is 0 Å². The lowest BCUT2D eigenvalue weighted by molar-refractivity contribution is 0.0664. The Morgan fingerprint density at radius 3 is 2.22 bits per heavy atom. The Bertz CT molecular complexity index is 408. The summed E-state index contributed by atoms with van der Waals surface area (Å²) in [5.74, 6) is 0.140. The average molecular weight is 264 g/mol. The smallest absolute Gasteiger partial charge is 0.253 e. The first-order valence-electron chi connectivity index (χ1n) is 6.34. The van der Waals surface area contributed by atoms with Crippen LogP contribution in [-0.4, -0.2) is 48.9 Å². The minimum atomic E-state index is 0.140. The number of benzene rings is 1. The molecule has 3 nitrogen and oxygen atoms in total. The van der Waals surface area contributed by atoms with Crippen molar-refractivity contribution >= 4 is 18.5 Å². The standard InChI is InChI=1S/C14H20N2OS/c1-11(18)12-3-5-13(6-4-12)14(17)16-9-7-15(2)8-10-16/h3-6,11,18H,7-10H2,1-2H3. The van der Waals surface area contributed by atoms with Gasteiger partial charge < -0.3 is 9.80 Å². The van der Waals surface area contributed by atoms with Crippen LogP contribution in [-0.2, 0) is 0 Å². The number of nitrogens with zero attached hydrogens (tertiary/aromatic N) is 2. The third kappa shape index (κ3) is 3.06. The summed E-state index contributed by atoms with van der Waals surface area (Å²) in [6, 6.07) is 7.79. The van der Waals surface area contributed by atoms with Crippen LogP contribution in [0.5, 0.6) is 0 Å². The van der Waals surface area contributed by atoms with Gasteiger partial charge in [0.15, 0.2) is 0 Å². The van der Waals surface area contributed by atoms with Crippen LogP contribution in [0.4, 0.5) is 0 Å². The maximum Gasteiger partial charge on any atom is 0.253 e. The monoisotopic (exact) mass is 264 g/mol. The molecule has 1 amide bonds. The number of carbonyl (C=O) groups excluding carboxylic acids is 1. The fraction of sp³-hybridized carbons (Fsp3) is 0.500. The summed E-state index contributed by atoms with van der Waals surface area (Å²) in [5, 5.41) is 0.206. The van der Waals surface area contributed by atoms with Crippen LogP contribution < -0.4 is 0 Å². The second-order valence-corrected chi connectivity index (χ2v) is 5.67. The number of hydrogen-bond donors (Lipinski definition) is 1. The van der Waals surface area contributed by atoms with Crippen molar-refractivity contribution in [3.8, 4) is 0 Å². The van der Waals surface area contributed by atoms with Crippen molar-refractivity contribution in [2.24, 2.45) is 0 Å². The Labute approximate surface area is 114 Å². The molecule has 0 aromatic heterocycles. The normalized spacial score (nSPS) is 18.7. The lowest BCUT2D eigenvalue weighted by Crippen LogP contribution is -2.47. The van der Waals surface area contributed by atoms with E-state index in [1.807, 2.05) is 36.1 Å². The summed E-state index contributed by atoms with van der Waals surface area (Å²) in [6.45, 7) is 5.58. The summed E-state index contributed by atoms with van der Waals surface area (Å²) in [6.07, 6.45) is 0. The molecule has 98 valence electrons. The van der Waals surface area contributed by atoms with Crippen molar-refractivity contribution in [1.82, 2.24) is 9.80 Å². The molecule has 1 fully saturated rings. The fourth-order valence-corrected chi connectivity index (χ4v) is 2.27. The van der Waals surface area contributed by atoms with Crippen LogP contribution in [0.2, 0.25) is 0 Å². The molecule has 1 aliphatic heterocycles. The van der Waals surface area contributed by atoms with E-state index in [1.54, 1.807) is 0 Å². The number of likely N-dealkylation sites (N-methyl/N-ethyl adjacent to an activating group) is 1. The van der Waals surface area contributed by atoms with Crippen LogP contribution >= 0.6 is 12.6 Å².